The van der Waals surface area contributed by atoms with Gasteiger partial charge in [-0.2, -0.15) is 0 Å². The van der Waals surface area contributed by atoms with Crippen LogP contribution in [0.3, 0.4) is 0 Å². The van der Waals surface area contributed by atoms with Gasteiger partial charge in [-0.3, -0.25) is 4.79 Å². The Balaban J connectivity index is 2.05. The zero-order valence-electron chi connectivity index (χ0n) is 11.6. The molecule has 1 aliphatic rings. The third-order valence-electron chi connectivity index (χ3n) is 3.38. The maximum absolute atomic E-state index is 12.1. The molecular weight excluding hydrogens is 244 g/mol. The summed E-state index contributed by atoms with van der Waals surface area (Å²) >= 11 is 0. The number of aromatic nitrogens is 1. The van der Waals surface area contributed by atoms with Crippen LogP contribution in [0.25, 0.3) is 0 Å². The molecule has 0 bridgehead atoms. The molecular formula is C14H22N2O3. The number of aryl methyl sites for hydroxylation is 1. The number of methoxy groups -OCH3 is 1. The molecule has 0 spiro atoms. The van der Waals surface area contributed by atoms with E-state index < -0.39 is 0 Å². The van der Waals surface area contributed by atoms with Crippen molar-refractivity contribution in [2.45, 2.75) is 32.4 Å². The van der Waals surface area contributed by atoms with Gasteiger partial charge in [0.2, 0.25) is 0 Å². The van der Waals surface area contributed by atoms with Crippen molar-refractivity contribution in [3.63, 3.8) is 0 Å². The SMILES string of the molecule is COCCNc1cc(C)n(C[C@H]2CCCO2)c(=O)c1. The molecule has 5 nitrogen and oxygen atoms in total. The number of nitrogens with one attached hydrogen (secondary N) is 1. The van der Waals surface area contributed by atoms with Crippen LogP contribution in [-0.2, 0) is 16.0 Å². The average molecular weight is 266 g/mol. The van der Waals surface area contributed by atoms with Gasteiger partial charge in [0.1, 0.15) is 0 Å². The lowest BCUT2D eigenvalue weighted by Crippen LogP contribution is -2.28. The summed E-state index contributed by atoms with van der Waals surface area (Å²) in [5, 5.41) is 3.18. The zero-order valence-corrected chi connectivity index (χ0v) is 11.6. The average Bonchev–Trinajstić information content (AvgIpc) is 2.87. The van der Waals surface area contributed by atoms with E-state index in [0.29, 0.717) is 19.7 Å². The lowest BCUT2D eigenvalue weighted by Gasteiger charge is -2.16. The van der Waals surface area contributed by atoms with Crippen molar-refractivity contribution in [3.05, 3.63) is 28.2 Å². The van der Waals surface area contributed by atoms with Crippen LogP contribution in [0, 0.1) is 6.92 Å². The van der Waals surface area contributed by atoms with E-state index in [9.17, 15) is 4.79 Å². The molecule has 1 aliphatic heterocycles. The van der Waals surface area contributed by atoms with Gasteiger partial charge in [-0.05, 0) is 25.8 Å². The van der Waals surface area contributed by atoms with Crippen LogP contribution >= 0.6 is 0 Å². The first-order valence-corrected chi connectivity index (χ1v) is 6.76. The molecule has 106 valence electrons. The van der Waals surface area contributed by atoms with Gasteiger partial charge in [-0.15, -0.1) is 0 Å². The van der Waals surface area contributed by atoms with Crippen molar-refractivity contribution in [3.8, 4) is 0 Å². The Morgan fingerprint density at radius 3 is 3.00 bits per heavy atom. The van der Waals surface area contributed by atoms with E-state index in [1.165, 1.54) is 0 Å². The molecule has 1 aromatic rings. The maximum atomic E-state index is 12.1. The minimum Gasteiger partial charge on any atom is -0.383 e. The number of pyridine rings is 1. The summed E-state index contributed by atoms with van der Waals surface area (Å²) in [5.41, 5.74) is 1.83. The molecule has 19 heavy (non-hydrogen) atoms. The third-order valence-corrected chi connectivity index (χ3v) is 3.38. The van der Waals surface area contributed by atoms with Crippen LogP contribution in [0.2, 0.25) is 0 Å². The molecule has 2 heterocycles. The van der Waals surface area contributed by atoms with Crippen LogP contribution in [0.4, 0.5) is 5.69 Å². The zero-order chi connectivity index (χ0) is 13.7. The van der Waals surface area contributed by atoms with E-state index in [1.807, 2.05) is 13.0 Å². The molecule has 5 heteroatoms. The minimum absolute atomic E-state index is 0.0235. The largest absolute Gasteiger partial charge is 0.383 e. The second-order valence-electron chi connectivity index (χ2n) is 4.89. The summed E-state index contributed by atoms with van der Waals surface area (Å²) in [6.45, 7) is 4.75. The van der Waals surface area contributed by atoms with Crippen molar-refractivity contribution in [1.82, 2.24) is 4.57 Å². The van der Waals surface area contributed by atoms with Crippen molar-refractivity contribution >= 4 is 5.69 Å². The molecule has 0 aliphatic carbocycles. The highest BCUT2D eigenvalue weighted by molar-refractivity contribution is 5.43. The van der Waals surface area contributed by atoms with E-state index in [0.717, 1.165) is 30.8 Å². The van der Waals surface area contributed by atoms with Gasteiger partial charge in [0, 0.05) is 37.7 Å². The van der Waals surface area contributed by atoms with Gasteiger partial charge in [0.15, 0.2) is 0 Å². The van der Waals surface area contributed by atoms with Gasteiger partial charge in [0.05, 0.1) is 19.3 Å². The Kier molecular flexibility index (Phi) is 4.99. The number of hydrogen-bond acceptors (Lipinski definition) is 4. The Bertz CT molecular complexity index is 464. The minimum atomic E-state index is 0.0235. The number of nitrogens with zero attached hydrogens (tertiary/aromatic N) is 1. The number of anilines is 1. The van der Waals surface area contributed by atoms with Crippen LogP contribution in [0.1, 0.15) is 18.5 Å². The monoisotopic (exact) mass is 266 g/mol. The molecule has 1 saturated heterocycles. The molecule has 0 radical (unpaired) electrons. The first-order chi connectivity index (χ1) is 9.20. The van der Waals surface area contributed by atoms with Gasteiger partial charge < -0.3 is 19.4 Å². The van der Waals surface area contributed by atoms with Crippen LogP contribution in [0.5, 0.6) is 0 Å². The topological polar surface area (TPSA) is 52.5 Å². The molecule has 0 aromatic carbocycles. The van der Waals surface area contributed by atoms with E-state index in [-0.39, 0.29) is 11.7 Å². The highest BCUT2D eigenvalue weighted by Crippen LogP contribution is 2.15. The number of hydrogen-bond donors (Lipinski definition) is 1. The second-order valence-corrected chi connectivity index (χ2v) is 4.89. The molecule has 0 saturated carbocycles. The Morgan fingerprint density at radius 1 is 1.53 bits per heavy atom. The predicted octanol–water partition coefficient (Wildman–Crippen LogP) is 1.39. The maximum Gasteiger partial charge on any atom is 0.252 e. The van der Waals surface area contributed by atoms with E-state index in [1.54, 1.807) is 17.7 Å². The molecule has 0 amide bonds. The predicted molar refractivity (Wildman–Crippen MR) is 74.8 cm³/mol. The van der Waals surface area contributed by atoms with Crippen LogP contribution < -0.4 is 10.9 Å². The third kappa shape index (κ3) is 3.81. The summed E-state index contributed by atoms with van der Waals surface area (Å²) < 4.78 is 12.3. The van der Waals surface area contributed by atoms with Crippen LogP contribution in [-0.4, -0.2) is 37.5 Å². The lowest BCUT2D eigenvalue weighted by molar-refractivity contribution is 0.0956. The summed E-state index contributed by atoms with van der Waals surface area (Å²) in [7, 11) is 1.66. The lowest BCUT2D eigenvalue weighted by atomic mass is 10.2. The van der Waals surface area contributed by atoms with Crippen molar-refractivity contribution in [1.29, 1.82) is 0 Å². The second kappa shape index (κ2) is 6.73. The van der Waals surface area contributed by atoms with Crippen LogP contribution in [0.15, 0.2) is 16.9 Å². The highest BCUT2D eigenvalue weighted by Gasteiger charge is 2.17. The molecule has 1 fully saturated rings. The molecule has 1 N–H and O–H groups in total. The summed E-state index contributed by atoms with van der Waals surface area (Å²) in [4.78, 5) is 12.1. The fourth-order valence-corrected chi connectivity index (χ4v) is 2.35. The van der Waals surface area contributed by atoms with Crippen molar-refractivity contribution < 1.29 is 9.47 Å². The van der Waals surface area contributed by atoms with E-state index in [4.69, 9.17) is 9.47 Å². The van der Waals surface area contributed by atoms with Gasteiger partial charge in [-0.25, -0.2) is 0 Å². The van der Waals surface area contributed by atoms with Crippen molar-refractivity contribution in [2.75, 3.05) is 32.2 Å². The summed E-state index contributed by atoms with van der Waals surface area (Å²) in [6.07, 6.45) is 2.32. The molecule has 2 rings (SSSR count). The quantitative estimate of drug-likeness (QED) is 0.791. The van der Waals surface area contributed by atoms with Crippen molar-refractivity contribution in [2.24, 2.45) is 0 Å². The fourth-order valence-electron chi connectivity index (χ4n) is 2.35. The Morgan fingerprint density at radius 2 is 2.37 bits per heavy atom. The van der Waals surface area contributed by atoms with Gasteiger partial charge in [0.25, 0.3) is 5.56 Å². The van der Waals surface area contributed by atoms with Gasteiger partial charge >= 0.3 is 0 Å². The van der Waals surface area contributed by atoms with Gasteiger partial charge in [-0.1, -0.05) is 0 Å². The smallest absolute Gasteiger partial charge is 0.252 e. The van der Waals surface area contributed by atoms with E-state index >= 15 is 0 Å². The molecule has 0 unspecified atom stereocenters. The standard InChI is InChI=1S/C14H22N2O3/c1-11-8-12(15-5-7-18-2)9-14(17)16(11)10-13-4-3-6-19-13/h8-9,13,15H,3-7,10H2,1-2H3/t13-/m1/s1. The highest BCUT2D eigenvalue weighted by atomic mass is 16.5. The number of ether oxygens (including phenoxy) is 2. The molecule has 1 atom stereocenters. The Labute approximate surface area is 113 Å². The first kappa shape index (κ1) is 14.1. The Hall–Kier alpha value is -1.33. The van der Waals surface area contributed by atoms with E-state index in [2.05, 4.69) is 5.32 Å². The fraction of sp³-hybridized carbons (Fsp3) is 0.643. The summed E-state index contributed by atoms with van der Waals surface area (Å²) in [5.74, 6) is 0. The first-order valence-electron chi connectivity index (χ1n) is 6.76. The normalized spacial score (nSPS) is 18.7. The molecule has 1 aromatic heterocycles. The summed E-state index contributed by atoms with van der Waals surface area (Å²) in [6, 6.07) is 3.63. The number of rotatable bonds is 6.